The van der Waals surface area contributed by atoms with Gasteiger partial charge in [0.05, 0.1) is 7.11 Å². The van der Waals surface area contributed by atoms with E-state index < -0.39 is 11.7 Å². The Morgan fingerprint density at radius 2 is 1.91 bits per heavy atom. The van der Waals surface area contributed by atoms with Gasteiger partial charge < -0.3 is 15.4 Å². The van der Waals surface area contributed by atoms with Crippen molar-refractivity contribution in [2.24, 2.45) is 5.41 Å². The predicted octanol–water partition coefficient (Wildman–Crippen LogP) is 5.08. The average Bonchev–Trinajstić information content (AvgIpc) is 2.71. The highest BCUT2D eigenvalue weighted by molar-refractivity contribution is 6.10. The first kappa shape index (κ1) is 21.8. The fourth-order valence-electron chi connectivity index (χ4n) is 4.66. The number of amides is 1. The Kier molecular flexibility index (Phi) is 5.63. The third-order valence-corrected chi connectivity index (χ3v) is 5.99. The number of hydrogen-bond donors (Lipinski definition) is 2. The van der Waals surface area contributed by atoms with Gasteiger partial charge in [-0.05, 0) is 54.7 Å². The first-order valence-electron chi connectivity index (χ1n) is 10.6. The summed E-state index contributed by atoms with van der Waals surface area (Å²) in [5, 5.41) is 6.13. The number of nitrogens with one attached hydrogen (secondary N) is 2. The maximum atomic E-state index is 13.7. The van der Waals surface area contributed by atoms with E-state index in [1.165, 1.54) is 18.2 Å². The molecule has 0 fully saturated rings. The lowest BCUT2D eigenvalue weighted by Gasteiger charge is -2.39. The van der Waals surface area contributed by atoms with Crippen LogP contribution in [0.4, 0.5) is 10.1 Å². The molecule has 2 N–H and O–H groups in total. The molecule has 5 nitrogen and oxygen atoms in total. The molecule has 1 atom stereocenters. The van der Waals surface area contributed by atoms with Crippen molar-refractivity contribution in [1.29, 1.82) is 0 Å². The Morgan fingerprint density at radius 3 is 2.62 bits per heavy atom. The third-order valence-electron chi connectivity index (χ3n) is 5.99. The molecular weight excluding hydrogens is 407 g/mol. The number of rotatable bonds is 4. The molecule has 0 unspecified atom stereocenters. The number of methoxy groups -OCH3 is 1. The minimum Gasteiger partial charge on any atom is -0.497 e. The minimum atomic E-state index is -0.543. The van der Waals surface area contributed by atoms with E-state index >= 15 is 0 Å². The minimum absolute atomic E-state index is 0.0279. The van der Waals surface area contributed by atoms with E-state index in [-0.39, 0.29) is 17.1 Å². The van der Waals surface area contributed by atoms with Gasteiger partial charge in [-0.1, -0.05) is 32.0 Å². The number of carbonyl (C=O) groups is 2. The fourth-order valence-corrected chi connectivity index (χ4v) is 4.66. The summed E-state index contributed by atoms with van der Waals surface area (Å²) in [7, 11) is 1.58. The van der Waals surface area contributed by atoms with Crippen LogP contribution in [0.5, 0.6) is 5.75 Å². The van der Waals surface area contributed by atoms with Crippen LogP contribution in [0.25, 0.3) is 0 Å². The Morgan fingerprint density at radius 1 is 1.16 bits per heavy atom. The van der Waals surface area contributed by atoms with Crippen molar-refractivity contribution in [1.82, 2.24) is 5.32 Å². The third kappa shape index (κ3) is 4.17. The highest BCUT2D eigenvalue weighted by atomic mass is 19.1. The summed E-state index contributed by atoms with van der Waals surface area (Å²) in [5.74, 6) is -0.681. The van der Waals surface area contributed by atoms with Crippen molar-refractivity contribution < 1.29 is 18.7 Å². The zero-order valence-corrected chi connectivity index (χ0v) is 18.7. The molecule has 0 radical (unpaired) electrons. The summed E-state index contributed by atoms with van der Waals surface area (Å²) in [6.45, 7) is 5.98. The zero-order valence-electron chi connectivity index (χ0n) is 18.7. The van der Waals surface area contributed by atoms with Gasteiger partial charge in [0.2, 0.25) is 0 Å². The summed E-state index contributed by atoms with van der Waals surface area (Å²) in [6.07, 6.45) is 1.12. The number of benzene rings is 2. The molecule has 1 aliphatic heterocycles. The molecule has 2 aliphatic rings. The van der Waals surface area contributed by atoms with Crippen LogP contribution in [0.15, 0.2) is 71.1 Å². The number of halogens is 1. The SMILES string of the molecule is COc1cccc([C@@H]2C(C(=O)Nc3cccc(F)c3)=C(C)NC3=C2C(=O)CC(C)(C)C3)c1. The van der Waals surface area contributed by atoms with E-state index in [9.17, 15) is 14.0 Å². The molecule has 1 amide bonds. The Labute approximate surface area is 187 Å². The molecule has 4 rings (SSSR count). The number of anilines is 1. The predicted molar refractivity (Wildman–Crippen MR) is 122 cm³/mol. The van der Waals surface area contributed by atoms with Crippen LogP contribution in [0.3, 0.4) is 0 Å². The lowest BCUT2D eigenvalue weighted by molar-refractivity contribution is -0.118. The van der Waals surface area contributed by atoms with Crippen molar-refractivity contribution in [3.8, 4) is 5.75 Å². The highest BCUT2D eigenvalue weighted by Gasteiger charge is 2.42. The number of Topliss-reactive ketones (excluding diaryl/α,β-unsaturated/α-hetero) is 1. The van der Waals surface area contributed by atoms with Crippen LogP contribution in [0.2, 0.25) is 0 Å². The van der Waals surface area contributed by atoms with Crippen molar-refractivity contribution in [3.63, 3.8) is 0 Å². The molecule has 0 bridgehead atoms. The van der Waals surface area contributed by atoms with E-state index in [1.807, 2.05) is 31.2 Å². The molecule has 6 heteroatoms. The van der Waals surface area contributed by atoms with Gasteiger partial charge in [-0.3, -0.25) is 9.59 Å². The first-order chi connectivity index (χ1) is 15.2. The number of ketones is 1. The van der Waals surface area contributed by atoms with Crippen LogP contribution in [-0.4, -0.2) is 18.8 Å². The number of ether oxygens (including phenoxy) is 1. The molecule has 2 aromatic rings. The first-order valence-corrected chi connectivity index (χ1v) is 10.6. The van der Waals surface area contributed by atoms with Gasteiger partial charge in [-0.15, -0.1) is 0 Å². The van der Waals surface area contributed by atoms with E-state index in [4.69, 9.17) is 4.74 Å². The summed E-state index contributed by atoms with van der Waals surface area (Å²) in [6, 6.07) is 13.2. The molecule has 1 aliphatic carbocycles. The normalized spacial score (nSPS) is 19.9. The van der Waals surface area contributed by atoms with Crippen LogP contribution in [0, 0.1) is 11.2 Å². The molecule has 2 aromatic carbocycles. The number of carbonyl (C=O) groups excluding carboxylic acids is 2. The van der Waals surface area contributed by atoms with Crippen molar-refractivity contribution >= 4 is 17.4 Å². The number of hydrogen-bond acceptors (Lipinski definition) is 4. The summed E-state index contributed by atoms with van der Waals surface area (Å²) >= 11 is 0. The molecule has 0 spiro atoms. The number of allylic oxidation sites excluding steroid dienone is 3. The zero-order chi connectivity index (χ0) is 23.0. The van der Waals surface area contributed by atoms with Gasteiger partial charge in [0.15, 0.2) is 5.78 Å². The van der Waals surface area contributed by atoms with Gasteiger partial charge in [0.1, 0.15) is 11.6 Å². The van der Waals surface area contributed by atoms with Crippen LogP contribution < -0.4 is 15.4 Å². The standard InChI is InChI=1S/C26H27FN2O3/c1-15-22(25(31)29-18-9-6-8-17(27)12-18)23(16-7-5-10-19(11-16)32-4)24-20(28-15)13-26(2,3)14-21(24)30/h5-12,23,28H,13-14H2,1-4H3,(H,29,31)/t23-/m1/s1. The Hall–Kier alpha value is -3.41. The Balaban J connectivity index is 1.82. The molecule has 0 aromatic heterocycles. The van der Waals surface area contributed by atoms with E-state index in [0.717, 1.165) is 11.3 Å². The molecular formula is C26H27FN2O3. The van der Waals surface area contributed by atoms with Gasteiger partial charge in [0, 0.05) is 40.6 Å². The molecule has 166 valence electrons. The molecule has 32 heavy (non-hydrogen) atoms. The van der Waals surface area contributed by atoms with E-state index in [0.29, 0.717) is 41.1 Å². The second-order valence-corrected chi connectivity index (χ2v) is 9.17. The second-order valence-electron chi connectivity index (χ2n) is 9.17. The summed E-state index contributed by atoms with van der Waals surface area (Å²) in [4.78, 5) is 26.8. The molecule has 0 saturated carbocycles. The monoisotopic (exact) mass is 434 g/mol. The summed E-state index contributed by atoms with van der Waals surface area (Å²) in [5.41, 5.74) is 3.59. The van der Waals surface area contributed by atoms with E-state index in [2.05, 4.69) is 24.5 Å². The molecule has 1 heterocycles. The van der Waals surface area contributed by atoms with Crippen molar-refractivity contribution in [2.75, 3.05) is 12.4 Å². The second kappa shape index (κ2) is 8.26. The quantitative estimate of drug-likeness (QED) is 0.705. The lowest BCUT2D eigenvalue weighted by atomic mass is 9.68. The Bertz CT molecular complexity index is 1160. The van der Waals surface area contributed by atoms with Crippen LogP contribution in [-0.2, 0) is 9.59 Å². The fraction of sp³-hybridized carbons (Fsp3) is 0.308. The van der Waals surface area contributed by atoms with Gasteiger partial charge in [0.25, 0.3) is 5.91 Å². The number of dihydropyridines is 1. The average molecular weight is 435 g/mol. The molecule has 0 saturated heterocycles. The van der Waals surface area contributed by atoms with Crippen molar-refractivity contribution in [3.05, 3.63) is 82.5 Å². The van der Waals surface area contributed by atoms with Gasteiger partial charge >= 0.3 is 0 Å². The van der Waals surface area contributed by atoms with Crippen molar-refractivity contribution in [2.45, 2.75) is 39.5 Å². The smallest absolute Gasteiger partial charge is 0.254 e. The van der Waals surface area contributed by atoms with Gasteiger partial charge in [-0.25, -0.2) is 4.39 Å². The largest absolute Gasteiger partial charge is 0.497 e. The van der Waals surface area contributed by atoms with Crippen LogP contribution in [0.1, 0.15) is 45.1 Å². The highest BCUT2D eigenvalue weighted by Crippen LogP contribution is 2.47. The maximum Gasteiger partial charge on any atom is 0.254 e. The van der Waals surface area contributed by atoms with Crippen LogP contribution >= 0.6 is 0 Å². The van der Waals surface area contributed by atoms with E-state index in [1.54, 1.807) is 13.2 Å². The maximum absolute atomic E-state index is 13.7. The summed E-state index contributed by atoms with van der Waals surface area (Å²) < 4.78 is 19.1. The van der Waals surface area contributed by atoms with Gasteiger partial charge in [-0.2, -0.15) is 0 Å². The topological polar surface area (TPSA) is 67.4 Å². The lowest BCUT2D eigenvalue weighted by Crippen LogP contribution is -2.39.